The van der Waals surface area contributed by atoms with Crippen molar-refractivity contribution in [3.05, 3.63) is 35.9 Å². The van der Waals surface area contributed by atoms with Crippen molar-refractivity contribution in [3.63, 3.8) is 0 Å². The van der Waals surface area contributed by atoms with Crippen LogP contribution >= 0.6 is 0 Å². The molecule has 1 aromatic carbocycles. The van der Waals surface area contributed by atoms with Crippen LogP contribution in [-0.4, -0.2) is 34.1 Å². The van der Waals surface area contributed by atoms with Gasteiger partial charge in [-0.2, -0.15) is 0 Å². The topological polar surface area (TPSA) is 21.7 Å². The van der Waals surface area contributed by atoms with Crippen molar-refractivity contribution in [2.45, 2.75) is 31.9 Å². The average Bonchev–Trinajstić information content (AvgIpc) is 2.41. The SMILES string of the molecule is CO[Si]1(OC)C(C)CCCN1Cc1ccccc1. The van der Waals surface area contributed by atoms with Crippen LogP contribution in [0.2, 0.25) is 5.54 Å². The van der Waals surface area contributed by atoms with Gasteiger partial charge in [-0.15, -0.1) is 0 Å². The van der Waals surface area contributed by atoms with Crippen LogP contribution in [0.15, 0.2) is 30.3 Å². The van der Waals surface area contributed by atoms with Crippen LogP contribution in [-0.2, 0) is 15.4 Å². The van der Waals surface area contributed by atoms with E-state index in [1.54, 1.807) is 14.2 Å². The van der Waals surface area contributed by atoms with E-state index in [9.17, 15) is 0 Å². The molecular weight excluding hydrogens is 242 g/mol. The number of hydrogen-bond donors (Lipinski definition) is 0. The number of benzene rings is 1. The van der Waals surface area contributed by atoms with Crippen molar-refractivity contribution in [1.82, 2.24) is 4.57 Å². The van der Waals surface area contributed by atoms with Gasteiger partial charge in [0.15, 0.2) is 0 Å². The Morgan fingerprint density at radius 2 is 1.89 bits per heavy atom. The van der Waals surface area contributed by atoms with Gasteiger partial charge in [0.05, 0.1) is 0 Å². The van der Waals surface area contributed by atoms with Crippen LogP contribution in [0.3, 0.4) is 0 Å². The maximum Gasteiger partial charge on any atom is 0.430 e. The lowest BCUT2D eigenvalue weighted by Crippen LogP contribution is -2.62. The Kier molecular flexibility index (Phi) is 4.56. The van der Waals surface area contributed by atoms with Crippen LogP contribution < -0.4 is 0 Å². The Bertz CT molecular complexity index is 367. The molecule has 0 spiro atoms. The fourth-order valence-electron chi connectivity index (χ4n) is 2.98. The molecular formula is C14H23NO2Si. The molecule has 3 nitrogen and oxygen atoms in total. The molecule has 18 heavy (non-hydrogen) atoms. The van der Waals surface area contributed by atoms with Gasteiger partial charge in [0.1, 0.15) is 0 Å². The quantitative estimate of drug-likeness (QED) is 0.781. The average molecular weight is 265 g/mol. The highest BCUT2D eigenvalue weighted by atomic mass is 28.4. The molecule has 0 bridgehead atoms. The van der Waals surface area contributed by atoms with Crippen LogP contribution in [0.4, 0.5) is 0 Å². The molecule has 0 aromatic heterocycles. The molecule has 1 aromatic rings. The minimum absolute atomic E-state index is 0.518. The predicted octanol–water partition coefficient (Wildman–Crippen LogP) is 2.90. The lowest BCUT2D eigenvalue weighted by Gasteiger charge is -2.45. The summed E-state index contributed by atoms with van der Waals surface area (Å²) in [5.74, 6) is 0. The molecule has 0 N–H and O–H groups in total. The third-order valence-electron chi connectivity index (χ3n) is 3.93. The third kappa shape index (κ3) is 2.52. The fourth-order valence-corrected chi connectivity index (χ4v) is 6.53. The van der Waals surface area contributed by atoms with Crippen molar-refractivity contribution in [1.29, 1.82) is 0 Å². The first-order chi connectivity index (χ1) is 8.73. The summed E-state index contributed by atoms with van der Waals surface area (Å²) in [5, 5.41) is 0. The second-order valence-electron chi connectivity index (χ2n) is 4.99. The minimum Gasteiger partial charge on any atom is -0.386 e. The van der Waals surface area contributed by atoms with Gasteiger partial charge in [-0.3, -0.25) is 4.57 Å². The number of rotatable bonds is 4. The summed E-state index contributed by atoms with van der Waals surface area (Å²) in [6.45, 7) is 4.27. The van der Waals surface area contributed by atoms with E-state index in [0.29, 0.717) is 5.54 Å². The Morgan fingerprint density at radius 3 is 2.50 bits per heavy atom. The Balaban J connectivity index is 2.18. The lowest BCUT2D eigenvalue weighted by atomic mass is 10.2. The third-order valence-corrected chi connectivity index (χ3v) is 7.90. The normalized spacial score (nSPS) is 24.1. The molecule has 0 saturated carbocycles. The second-order valence-corrected chi connectivity index (χ2v) is 8.69. The minimum atomic E-state index is -2.21. The first-order valence-electron chi connectivity index (χ1n) is 6.62. The van der Waals surface area contributed by atoms with E-state index in [1.165, 1.54) is 18.4 Å². The largest absolute Gasteiger partial charge is 0.430 e. The highest BCUT2D eigenvalue weighted by Crippen LogP contribution is 2.36. The molecule has 1 aliphatic rings. The van der Waals surface area contributed by atoms with Crippen molar-refractivity contribution >= 4 is 8.72 Å². The van der Waals surface area contributed by atoms with E-state index >= 15 is 0 Å². The summed E-state index contributed by atoms with van der Waals surface area (Å²) in [5.41, 5.74) is 1.85. The summed E-state index contributed by atoms with van der Waals surface area (Å²) in [6, 6.07) is 10.6. The van der Waals surface area contributed by atoms with Crippen LogP contribution in [0.25, 0.3) is 0 Å². The maximum absolute atomic E-state index is 5.87. The molecule has 2 rings (SSSR count). The zero-order valence-electron chi connectivity index (χ0n) is 11.6. The number of hydrogen-bond acceptors (Lipinski definition) is 3. The molecule has 0 radical (unpaired) electrons. The summed E-state index contributed by atoms with van der Waals surface area (Å²) in [7, 11) is 1.39. The van der Waals surface area contributed by atoms with E-state index in [0.717, 1.165) is 13.1 Å². The van der Waals surface area contributed by atoms with Crippen molar-refractivity contribution in [3.8, 4) is 0 Å². The van der Waals surface area contributed by atoms with Crippen molar-refractivity contribution < 1.29 is 8.85 Å². The molecule has 1 unspecified atom stereocenters. The van der Waals surface area contributed by atoms with Gasteiger partial charge in [-0.25, -0.2) is 0 Å². The van der Waals surface area contributed by atoms with Crippen molar-refractivity contribution in [2.75, 3.05) is 20.8 Å². The van der Waals surface area contributed by atoms with E-state index in [1.807, 2.05) is 0 Å². The lowest BCUT2D eigenvalue weighted by molar-refractivity contribution is 0.129. The summed E-state index contributed by atoms with van der Waals surface area (Å²) in [6.07, 6.45) is 2.44. The van der Waals surface area contributed by atoms with E-state index in [-0.39, 0.29) is 0 Å². The molecule has 4 heteroatoms. The zero-order chi connectivity index (χ0) is 13.0. The smallest absolute Gasteiger partial charge is 0.386 e. The molecule has 1 aliphatic heterocycles. The Hall–Kier alpha value is -0.683. The van der Waals surface area contributed by atoms with E-state index in [4.69, 9.17) is 8.85 Å². The maximum atomic E-state index is 5.87. The second kappa shape index (κ2) is 5.97. The zero-order valence-corrected chi connectivity index (χ0v) is 12.6. The summed E-state index contributed by atoms with van der Waals surface area (Å²) in [4.78, 5) is 0. The van der Waals surface area contributed by atoms with Gasteiger partial charge in [-0.1, -0.05) is 37.3 Å². The van der Waals surface area contributed by atoms with Gasteiger partial charge < -0.3 is 8.85 Å². The predicted molar refractivity (Wildman–Crippen MR) is 75.3 cm³/mol. The van der Waals surface area contributed by atoms with Crippen LogP contribution in [0.1, 0.15) is 25.3 Å². The Morgan fingerprint density at radius 1 is 1.22 bits per heavy atom. The molecule has 1 heterocycles. The molecule has 0 aliphatic carbocycles. The monoisotopic (exact) mass is 265 g/mol. The van der Waals surface area contributed by atoms with Crippen LogP contribution in [0, 0.1) is 0 Å². The molecule has 1 fully saturated rings. The van der Waals surface area contributed by atoms with E-state index in [2.05, 4.69) is 41.8 Å². The van der Waals surface area contributed by atoms with E-state index < -0.39 is 8.72 Å². The van der Waals surface area contributed by atoms with Crippen molar-refractivity contribution in [2.24, 2.45) is 0 Å². The van der Waals surface area contributed by atoms with Gasteiger partial charge in [0.2, 0.25) is 0 Å². The summed E-state index contributed by atoms with van der Waals surface area (Å²) >= 11 is 0. The Labute approximate surface area is 111 Å². The van der Waals surface area contributed by atoms with Gasteiger partial charge in [-0.05, 0) is 24.9 Å². The number of nitrogens with zero attached hydrogens (tertiary/aromatic N) is 1. The molecule has 1 saturated heterocycles. The standard InChI is InChI=1S/C14H23NO2Si/c1-13-8-7-11-15(18(13,16-2)17-3)12-14-9-5-4-6-10-14/h4-6,9-10,13H,7-8,11-12H2,1-3H3. The highest BCUT2D eigenvalue weighted by molar-refractivity contribution is 6.66. The first kappa shape index (κ1) is 13.7. The fraction of sp³-hybridized carbons (Fsp3) is 0.571. The summed E-state index contributed by atoms with van der Waals surface area (Å²) < 4.78 is 14.2. The highest BCUT2D eigenvalue weighted by Gasteiger charge is 2.50. The molecule has 100 valence electrons. The van der Waals surface area contributed by atoms with Gasteiger partial charge in [0.25, 0.3) is 0 Å². The van der Waals surface area contributed by atoms with Crippen LogP contribution in [0.5, 0.6) is 0 Å². The first-order valence-corrected chi connectivity index (χ1v) is 8.46. The molecule has 0 amide bonds. The molecule has 1 atom stereocenters. The van der Waals surface area contributed by atoms with Gasteiger partial charge >= 0.3 is 8.72 Å². The van der Waals surface area contributed by atoms with Gasteiger partial charge in [0, 0.05) is 26.3 Å².